The van der Waals surface area contributed by atoms with Gasteiger partial charge in [-0.15, -0.1) is 16.8 Å². The molecule has 2 N–H and O–H groups in total. The van der Waals surface area contributed by atoms with E-state index < -0.39 is 0 Å². The zero-order valence-corrected chi connectivity index (χ0v) is 14.1. The summed E-state index contributed by atoms with van der Waals surface area (Å²) in [6.07, 6.45) is 2.62. The Kier molecular flexibility index (Phi) is 9.24. The topological polar surface area (TPSA) is 93.2 Å². The van der Waals surface area contributed by atoms with Crippen molar-refractivity contribution in [1.29, 1.82) is 0 Å². The second-order valence-electron chi connectivity index (χ2n) is 4.09. The molecular weight excluding hydrogens is 324 g/mol. The molecule has 9 heteroatoms. The number of aromatic nitrogens is 2. The first-order valence-corrected chi connectivity index (χ1v) is 8.69. The van der Waals surface area contributed by atoms with Crippen LogP contribution in [0.2, 0.25) is 0 Å². The van der Waals surface area contributed by atoms with Crippen LogP contribution in [0.5, 0.6) is 0 Å². The molecule has 7 nitrogen and oxygen atoms in total. The van der Waals surface area contributed by atoms with Gasteiger partial charge in [-0.05, 0) is 13.3 Å². The SMILES string of the molecule is C=CCNc1nnc(SCC(=O)NCCCC(=O)OCC)s1. The summed E-state index contributed by atoms with van der Waals surface area (Å²) in [5, 5.41) is 14.4. The number of hydrogen-bond acceptors (Lipinski definition) is 8. The summed E-state index contributed by atoms with van der Waals surface area (Å²) >= 11 is 2.72. The molecule has 0 radical (unpaired) electrons. The Morgan fingerprint density at radius 2 is 2.27 bits per heavy atom. The minimum absolute atomic E-state index is 0.0929. The molecule has 0 unspecified atom stereocenters. The second-order valence-corrected chi connectivity index (χ2v) is 6.29. The highest BCUT2D eigenvalue weighted by molar-refractivity contribution is 8.01. The van der Waals surface area contributed by atoms with Crippen LogP contribution in [0.3, 0.4) is 0 Å². The van der Waals surface area contributed by atoms with Gasteiger partial charge >= 0.3 is 5.97 Å². The Hall–Kier alpha value is -1.61. The molecular formula is C13H20N4O3S2. The number of rotatable bonds is 11. The van der Waals surface area contributed by atoms with Crippen molar-refractivity contribution < 1.29 is 14.3 Å². The molecule has 1 aromatic rings. The van der Waals surface area contributed by atoms with Crippen LogP contribution >= 0.6 is 23.1 Å². The molecule has 1 aromatic heterocycles. The van der Waals surface area contributed by atoms with Crippen molar-refractivity contribution in [3.05, 3.63) is 12.7 Å². The van der Waals surface area contributed by atoms with Crippen LogP contribution in [0.15, 0.2) is 17.0 Å². The zero-order valence-electron chi connectivity index (χ0n) is 12.5. The van der Waals surface area contributed by atoms with E-state index in [1.807, 2.05) is 0 Å². The van der Waals surface area contributed by atoms with E-state index >= 15 is 0 Å². The lowest BCUT2D eigenvalue weighted by Crippen LogP contribution is -2.26. The van der Waals surface area contributed by atoms with E-state index in [2.05, 4.69) is 27.4 Å². The highest BCUT2D eigenvalue weighted by atomic mass is 32.2. The molecule has 0 bridgehead atoms. The molecule has 0 saturated carbocycles. The Bertz CT molecular complexity index is 493. The lowest BCUT2D eigenvalue weighted by atomic mass is 10.3. The summed E-state index contributed by atoms with van der Waals surface area (Å²) in [7, 11) is 0. The van der Waals surface area contributed by atoms with Crippen molar-refractivity contribution in [3.63, 3.8) is 0 Å². The number of hydrogen-bond donors (Lipinski definition) is 2. The Morgan fingerprint density at radius 3 is 3.00 bits per heavy atom. The minimum atomic E-state index is -0.237. The van der Waals surface area contributed by atoms with Crippen molar-refractivity contribution in [1.82, 2.24) is 15.5 Å². The lowest BCUT2D eigenvalue weighted by Gasteiger charge is -2.04. The Morgan fingerprint density at radius 1 is 1.45 bits per heavy atom. The fourth-order valence-corrected chi connectivity index (χ4v) is 2.96. The van der Waals surface area contributed by atoms with Gasteiger partial charge in [0, 0.05) is 19.5 Å². The smallest absolute Gasteiger partial charge is 0.305 e. The average molecular weight is 344 g/mol. The molecule has 22 heavy (non-hydrogen) atoms. The first-order valence-electron chi connectivity index (χ1n) is 6.89. The second kappa shape index (κ2) is 11.0. The van der Waals surface area contributed by atoms with Gasteiger partial charge in [0.05, 0.1) is 12.4 Å². The van der Waals surface area contributed by atoms with Crippen LogP contribution in [0.4, 0.5) is 5.13 Å². The predicted octanol–water partition coefficient (Wildman–Crippen LogP) is 1.69. The molecule has 0 atom stereocenters. The van der Waals surface area contributed by atoms with Gasteiger partial charge in [-0.25, -0.2) is 0 Å². The standard InChI is InChI=1S/C13H20N4O3S2/c1-3-7-15-12-16-17-13(22-12)21-9-10(18)14-8-5-6-11(19)20-4-2/h3H,1,4-9H2,2H3,(H,14,18)(H,15,16). The minimum Gasteiger partial charge on any atom is -0.466 e. The highest BCUT2D eigenvalue weighted by Gasteiger charge is 2.08. The molecule has 122 valence electrons. The number of esters is 1. The van der Waals surface area contributed by atoms with Crippen LogP contribution < -0.4 is 10.6 Å². The molecule has 1 heterocycles. The lowest BCUT2D eigenvalue weighted by molar-refractivity contribution is -0.143. The van der Waals surface area contributed by atoms with Crippen LogP contribution in [-0.4, -0.2) is 47.5 Å². The quantitative estimate of drug-likeness (QED) is 0.273. The van der Waals surface area contributed by atoms with Crippen molar-refractivity contribution in [2.75, 3.05) is 30.8 Å². The number of carbonyl (C=O) groups excluding carboxylic acids is 2. The Labute approximate surface area is 137 Å². The van der Waals surface area contributed by atoms with Gasteiger partial charge in [-0.2, -0.15) is 0 Å². The predicted molar refractivity (Wildman–Crippen MR) is 88.2 cm³/mol. The number of thioether (sulfide) groups is 1. The van der Waals surface area contributed by atoms with Crippen LogP contribution in [0, 0.1) is 0 Å². The van der Waals surface area contributed by atoms with Gasteiger partial charge in [0.1, 0.15) is 0 Å². The van der Waals surface area contributed by atoms with Gasteiger partial charge in [0.25, 0.3) is 0 Å². The molecule has 1 rings (SSSR count). The van der Waals surface area contributed by atoms with Gasteiger partial charge in [0.15, 0.2) is 4.34 Å². The number of carbonyl (C=O) groups is 2. The molecule has 0 spiro atoms. The van der Waals surface area contributed by atoms with E-state index in [-0.39, 0.29) is 17.6 Å². The van der Waals surface area contributed by atoms with Crippen molar-refractivity contribution in [2.45, 2.75) is 24.1 Å². The first kappa shape index (κ1) is 18.4. The summed E-state index contributed by atoms with van der Waals surface area (Å²) in [5.41, 5.74) is 0. The maximum absolute atomic E-state index is 11.6. The van der Waals surface area contributed by atoms with E-state index in [4.69, 9.17) is 4.74 Å². The van der Waals surface area contributed by atoms with Gasteiger partial charge in [-0.1, -0.05) is 29.2 Å². The molecule has 0 saturated heterocycles. The van der Waals surface area contributed by atoms with E-state index in [1.54, 1.807) is 13.0 Å². The summed E-state index contributed by atoms with van der Waals surface area (Å²) in [6, 6.07) is 0. The third kappa shape index (κ3) is 7.99. The van der Waals surface area contributed by atoms with Crippen LogP contribution in [-0.2, 0) is 14.3 Å². The number of nitrogens with one attached hydrogen (secondary N) is 2. The van der Waals surface area contributed by atoms with Crippen molar-refractivity contribution in [2.24, 2.45) is 0 Å². The number of anilines is 1. The average Bonchev–Trinajstić information content (AvgIpc) is 2.95. The maximum Gasteiger partial charge on any atom is 0.305 e. The van der Waals surface area contributed by atoms with Crippen molar-refractivity contribution in [3.8, 4) is 0 Å². The molecule has 0 aliphatic carbocycles. The van der Waals surface area contributed by atoms with Gasteiger partial charge in [0.2, 0.25) is 11.0 Å². The maximum atomic E-state index is 11.6. The number of nitrogens with zero attached hydrogens (tertiary/aromatic N) is 2. The fourth-order valence-electron chi connectivity index (χ4n) is 1.37. The van der Waals surface area contributed by atoms with E-state index in [1.165, 1.54) is 23.1 Å². The van der Waals surface area contributed by atoms with E-state index in [9.17, 15) is 9.59 Å². The zero-order chi connectivity index (χ0) is 16.2. The third-order valence-corrected chi connectivity index (χ3v) is 4.33. The summed E-state index contributed by atoms with van der Waals surface area (Å²) in [5.74, 6) is -0.0561. The monoisotopic (exact) mass is 344 g/mol. The molecule has 0 aromatic carbocycles. The first-order chi connectivity index (χ1) is 10.7. The molecule has 0 aliphatic heterocycles. The van der Waals surface area contributed by atoms with E-state index in [0.717, 1.165) is 4.34 Å². The molecule has 1 amide bonds. The number of ether oxygens (including phenoxy) is 1. The molecule has 0 aliphatic rings. The summed E-state index contributed by atoms with van der Waals surface area (Å²) in [6.45, 7) is 6.84. The Balaban J connectivity index is 2.13. The normalized spacial score (nSPS) is 10.0. The molecule has 0 fully saturated rings. The van der Waals surface area contributed by atoms with Crippen LogP contribution in [0.1, 0.15) is 19.8 Å². The van der Waals surface area contributed by atoms with Crippen LogP contribution in [0.25, 0.3) is 0 Å². The van der Waals surface area contributed by atoms with E-state index in [0.29, 0.717) is 37.7 Å². The highest BCUT2D eigenvalue weighted by Crippen LogP contribution is 2.24. The summed E-state index contributed by atoms with van der Waals surface area (Å²) < 4.78 is 5.53. The van der Waals surface area contributed by atoms with Gasteiger partial charge in [-0.3, -0.25) is 9.59 Å². The summed E-state index contributed by atoms with van der Waals surface area (Å²) in [4.78, 5) is 22.8. The largest absolute Gasteiger partial charge is 0.466 e. The van der Waals surface area contributed by atoms with Gasteiger partial charge < -0.3 is 15.4 Å². The number of amides is 1. The fraction of sp³-hybridized carbons (Fsp3) is 0.538. The third-order valence-electron chi connectivity index (χ3n) is 2.32. The van der Waals surface area contributed by atoms with Crippen molar-refractivity contribution >= 4 is 40.1 Å².